The summed E-state index contributed by atoms with van der Waals surface area (Å²) in [5.41, 5.74) is 2.85. The number of phenols is 1. The second-order valence-corrected chi connectivity index (χ2v) is 12.0. The van der Waals surface area contributed by atoms with Gasteiger partial charge in [-0.3, -0.25) is 19.3 Å². The molecular formula is C29H38N4O9. The number of benzene rings is 1. The maximum Gasteiger partial charge on any atom is 0.407 e. The van der Waals surface area contributed by atoms with E-state index in [-0.39, 0.29) is 54.4 Å². The summed E-state index contributed by atoms with van der Waals surface area (Å²) >= 11 is 0. The Hall–Kier alpha value is -4.10. The van der Waals surface area contributed by atoms with Crippen LogP contribution in [0.3, 0.4) is 0 Å². The van der Waals surface area contributed by atoms with Gasteiger partial charge in [0.25, 0.3) is 5.91 Å². The van der Waals surface area contributed by atoms with Crippen LogP contribution in [-0.2, 0) is 32.1 Å². The van der Waals surface area contributed by atoms with Crippen molar-refractivity contribution in [3.05, 3.63) is 39.7 Å². The maximum atomic E-state index is 14.0. The number of carbonyl (C=O) groups excluding carboxylic acids is 4. The topological polar surface area (TPSA) is 203 Å². The number of Topliss-reactive ketones (excluding diaryl/α,β-unsaturated/α-hetero) is 2. The fourth-order valence-electron chi connectivity index (χ4n) is 6.34. The third-order valence-corrected chi connectivity index (χ3v) is 8.23. The number of likely N-dealkylation sites (N-methyl/N-ethyl adjacent to an activating group) is 1. The smallest absolute Gasteiger partial charge is 0.407 e. The molecule has 13 heteroatoms. The van der Waals surface area contributed by atoms with Crippen molar-refractivity contribution in [3.63, 3.8) is 0 Å². The second kappa shape index (κ2) is 11.0. The molecule has 7 N–H and O–H groups in total. The molecule has 1 saturated carbocycles. The average molecular weight is 587 g/mol. The zero-order chi connectivity index (χ0) is 31.4. The number of carbonyl (C=O) groups is 4. The van der Waals surface area contributed by atoms with Gasteiger partial charge in [0.1, 0.15) is 22.8 Å². The molecular weight excluding hydrogens is 548 g/mol. The molecule has 0 spiro atoms. The standard InChI is InChI=1S/C29H38N4O9/c1-12(2)11-42-28(40)31-10-14-9-17(32(3)4)15-7-13-8-16-21(33(5)6)24(36)20(27(30)39)26(38)29(16,41)25(37)18(13)23(35)19(15)22(14)34/h9,12-13,16,21,34-35,38,41H,7-8,10-11H2,1-6H3,(H2,30,39)(H,31,40)/t13-,16-,21+,29-/m0/s1. The first-order valence-electron chi connectivity index (χ1n) is 13.6. The Kier molecular flexibility index (Phi) is 8.04. The highest BCUT2D eigenvalue weighted by molar-refractivity contribution is 6.24. The van der Waals surface area contributed by atoms with Crippen molar-refractivity contribution in [1.82, 2.24) is 10.2 Å². The summed E-state index contributed by atoms with van der Waals surface area (Å²) in [5, 5.41) is 48.1. The summed E-state index contributed by atoms with van der Waals surface area (Å²) in [6.45, 7) is 3.82. The van der Waals surface area contributed by atoms with Gasteiger partial charge in [-0.2, -0.15) is 0 Å². The van der Waals surface area contributed by atoms with Crippen LogP contribution in [0.5, 0.6) is 5.75 Å². The number of hydrogen-bond donors (Lipinski definition) is 6. The van der Waals surface area contributed by atoms with Gasteiger partial charge in [-0.25, -0.2) is 4.79 Å². The highest BCUT2D eigenvalue weighted by Gasteiger charge is 2.64. The lowest BCUT2D eigenvalue weighted by molar-refractivity contribution is -0.153. The van der Waals surface area contributed by atoms with E-state index in [1.165, 1.54) is 4.90 Å². The Morgan fingerprint density at radius 3 is 2.36 bits per heavy atom. The van der Waals surface area contributed by atoms with Crippen molar-refractivity contribution in [1.29, 1.82) is 0 Å². The number of nitrogens with two attached hydrogens (primary N) is 1. The predicted molar refractivity (Wildman–Crippen MR) is 152 cm³/mol. The largest absolute Gasteiger partial charge is 0.508 e. The number of hydrogen-bond acceptors (Lipinski definition) is 11. The first kappa shape index (κ1) is 30.8. The summed E-state index contributed by atoms with van der Waals surface area (Å²) in [6.07, 6.45) is -0.551. The lowest BCUT2D eigenvalue weighted by Gasteiger charge is -2.50. The molecule has 42 heavy (non-hydrogen) atoms. The van der Waals surface area contributed by atoms with Crippen LogP contribution in [0.4, 0.5) is 10.5 Å². The molecule has 0 unspecified atom stereocenters. The highest BCUT2D eigenvalue weighted by Crippen LogP contribution is 2.54. The van der Waals surface area contributed by atoms with Crippen molar-refractivity contribution in [2.75, 3.05) is 39.7 Å². The summed E-state index contributed by atoms with van der Waals surface area (Å²) in [5.74, 6) is -7.05. The number of nitrogens with zero attached hydrogens (tertiary/aromatic N) is 2. The lowest BCUT2D eigenvalue weighted by atomic mass is 9.57. The van der Waals surface area contributed by atoms with Gasteiger partial charge in [0.05, 0.1) is 18.2 Å². The van der Waals surface area contributed by atoms with Crippen LogP contribution in [0, 0.1) is 17.8 Å². The van der Waals surface area contributed by atoms with E-state index in [4.69, 9.17) is 10.5 Å². The molecule has 2 amide bonds. The molecule has 1 aromatic carbocycles. The molecule has 0 radical (unpaired) electrons. The number of aromatic hydroxyl groups is 1. The zero-order valence-electron chi connectivity index (χ0n) is 24.5. The third-order valence-electron chi connectivity index (χ3n) is 8.23. The number of aliphatic hydroxyl groups excluding tert-OH is 2. The molecule has 3 aliphatic rings. The van der Waals surface area contributed by atoms with Crippen LogP contribution in [0.25, 0.3) is 5.76 Å². The minimum absolute atomic E-state index is 0.00953. The summed E-state index contributed by atoms with van der Waals surface area (Å²) in [4.78, 5) is 54.8. The van der Waals surface area contributed by atoms with E-state index in [9.17, 15) is 39.6 Å². The van der Waals surface area contributed by atoms with Crippen molar-refractivity contribution >= 4 is 35.0 Å². The van der Waals surface area contributed by atoms with Crippen LogP contribution in [0.2, 0.25) is 0 Å². The van der Waals surface area contributed by atoms with Gasteiger partial charge in [0, 0.05) is 43.4 Å². The zero-order valence-corrected chi connectivity index (χ0v) is 24.5. The highest BCUT2D eigenvalue weighted by atomic mass is 16.5. The minimum Gasteiger partial charge on any atom is -0.508 e. The third kappa shape index (κ3) is 4.75. The number of amides is 2. The second-order valence-electron chi connectivity index (χ2n) is 12.0. The normalized spacial score (nSPS) is 25.3. The molecule has 1 aromatic rings. The Bertz CT molecular complexity index is 1430. The van der Waals surface area contributed by atoms with Crippen molar-refractivity contribution < 1.29 is 44.3 Å². The number of primary amides is 1. The molecule has 0 saturated heterocycles. The minimum atomic E-state index is -2.72. The number of anilines is 1. The molecule has 3 aliphatic carbocycles. The molecule has 4 atom stereocenters. The van der Waals surface area contributed by atoms with Crippen molar-refractivity contribution in [2.24, 2.45) is 23.5 Å². The number of ether oxygens (including phenoxy) is 1. The van der Waals surface area contributed by atoms with Crippen molar-refractivity contribution in [2.45, 2.75) is 44.9 Å². The molecule has 0 aromatic heterocycles. The number of alkyl carbamates (subject to hydrolysis) is 1. The Labute approximate surface area is 243 Å². The quantitative estimate of drug-likeness (QED) is 0.248. The monoisotopic (exact) mass is 586 g/mol. The first-order chi connectivity index (χ1) is 19.5. The predicted octanol–water partition coefficient (Wildman–Crippen LogP) is 0.912. The molecule has 4 rings (SSSR count). The Morgan fingerprint density at radius 2 is 1.81 bits per heavy atom. The van der Waals surface area contributed by atoms with Crippen LogP contribution in [0.1, 0.15) is 37.0 Å². The van der Waals surface area contributed by atoms with Gasteiger partial charge in [-0.15, -0.1) is 0 Å². The molecule has 1 fully saturated rings. The summed E-state index contributed by atoms with van der Waals surface area (Å²) in [6, 6.07) is 0.504. The van der Waals surface area contributed by atoms with Crippen LogP contribution >= 0.6 is 0 Å². The average Bonchev–Trinajstić information content (AvgIpc) is 2.88. The Balaban J connectivity index is 1.86. The molecule has 228 valence electrons. The van der Waals surface area contributed by atoms with E-state index in [2.05, 4.69) is 5.32 Å². The van der Waals surface area contributed by atoms with Gasteiger partial charge < -0.3 is 41.1 Å². The molecule has 13 nitrogen and oxygen atoms in total. The number of fused-ring (bicyclic) bond motifs is 3. The van der Waals surface area contributed by atoms with Crippen LogP contribution in [-0.4, -0.2) is 95.3 Å². The van der Waals surface area contributed by atoms with Gasteiger partial charge in [0.15, 0.2) is 11.4 Å². The van der Waals surface area contributed by atoms with Gasteiger partial charge in [-0.1, -0.05) is 13.8 Å². The molecule has 0 aliphatic heterocycles. The van der Waals surface area contributed by atoms with Gasteiger partial charge in [-0.05, 0) is 50.4 Å². The van der Waals surface area contributed by atoms with Crippen molar-refractivity contribution in [3.8, 4) is 5.75 Å². The number of aliphatic hydroxyl groups is 3. The Morgan fingerprint density at radius 1 is 1.17 bits per heavy atom. The SMILES string of the molecule is CC(C)COC(=O)NCc1cc(N(C)C)c2c(c1O)C(O)=C1C(=O)[C@]3(O)C(O)=C(C(N)=O)C(=O)[C@H](N(C)C)[C@@H]3C[C@@H]1C2. The van der Waals surface area contributed by atoms with E-state index < -0.39 is 64.1 Å². The summed E-state index contributed by atoms with van der Waals surface area (Å²) in [7, 11) is 6.61. The van der Waals surface area contributed by atoms with E-state index in [1.54, 1.807) is 39.2 Å². The molecule has 0 bridgehead atoms. The first-order valence-corrected chi connectivity index (χ1v) is 13.6. The maximum absolute atomic E-state index is 14.0. The van der Waals surface area contributed by atoms with E-state index in [0.717, 1.165) is 0 Å². The fourth-order valence-corrected chi connectivity index (χ4v) is 6.34. The van der Waals surface area contributed by atoms with E-state index in [0.29, 0.717) is 11.3 Å². The number of ketones is 2. The van der Waals surface area contributed by atoms with E-state index >= 15 is 0 Å². The van der Waals surface area contributed by atoms with Gasteiger partial charge in [0.2, 0.25) is 5.78 Å². The molecule has 0 heterocycles. The number of nitrogens with one attached hydrogen (secondary N) is 1. The summed E-state index contributed by atoms with van der Waals surface area (Å²) < 4.78 is 5.13. The van der Waals surface area contributed by atoms with E-state index in [1.807, 2.05) is 13.8 Å². The van der Waals surface area contributed by atoms with Gasteiger partial charge >= 0.3 is 6.09 Å². The van der Waals surface area contributed by atoms with Crippen LogP contribution < -0.4 is 16.0 Å². The fraction of sp³-hybridized carbons (Fsp3) is 0.517. The number of rotatable bonds is 7. The van der Waals surface area contributed by atoms with Crippen LogP contribution in [0.15, 0.2) is 23.0 Å². The number of phenolic OH excluding ortho intramolecular Hbond substituents is 1. The lowest BCUT2D eigenvalue weighted by Crippen LogP contribution is -2.65.